The molecule has 0 aliphatic carbocycles. The molecule has 1 aliphatic rings. The summed E-state index contributed by atoms with van der Waals surface area (Å²) in [5, 5.41) is 6.23. The number of benzene rings is 1. The van der Waals surface area contributed by atoms with Gasteiger partial charge in [0, 0.05) is 24.8 Å². The Balaban J connectivity index is 1.49. The lowest BCUT2D eigenvalue weighted by Gasteiger charge is -2.31. The van der Waals surface area contributed by atoms with E-state index >= 15 is 0 Å². The van der Waals surface area contributed by atoms with E-state index in [0.29, 0.717) is 38.2 Å². The number of hydrogen-bond acceptors (Lipinski definition) is 5. The molecule has 1 fully saturated rings. The number of piperidine rings is 1. The van der Waals surface area contributed by atoms with Crippen LogP contribution in [0.3, 0.4) is 0 Å². The molecule has 0 atom stereocenters. The fourth-order valence-electron chi connectivity index (χ4n) is 2.97. The molecule has 27 heavy (non-hydrogen) atoms. The molecule has 0 saturated carbocycles. The number of para-hydroxylation sites is 1. The highest BCUT2D eigenvalue weighted by Gasteiger charge is 2.25. The number of nitrogens with one attached hydrogen (secondary N) is 2. The molecule has 1 saturated heterocycles. The Morgan fingerprint density at radius 1 is 1.11 bits per heavy atom. The average molecular weight is 368 g/mol. The van der Waals surface area contributed by atoms with Crippen LogP contribution in [0.4, 0.5) is 16.2 Å². The summed E-state index contributed by atoms with van der Waals surface area (Å²) in [6.45, 7) is 3.32. The summed E-state index contributed by atoms with van der Waals surface area (Å²) in [7, 11) is 0. The molecule has 2 amide bonds. The Hall–Kier alpha value is -3.09. The monoisotopic (exact) mass is 368 g/mol. The third-order valence-electron chi connectivity index (χ3n) is 4.41. The fraction of sp³-hybridized carbons (Fsp3) is 0.350. The first-order chi connectivity index (χ1) is 13.2. The van der Waals surface area contributed by atoms with Crippen molar-refractivity contribution >= 4 is 23.4 Å². The summed E-state index contributed by atoms with van der Waals surface area (Å²) in [4.78, 5) is 30.0. The van der Waals surface area contributed by atoms with E-state index in [-0.39, 0.29) is 18.0 Å². The van der Waals surface area contributed by atoms with E-state index < -0.39 is 0 Å². The highest BCUT2D eigenvalue weighted by Crippen LogP contribution is 2.16. The van der Waals surface area contributed by atoms with Gasteiger partial charge in [-0.25, -0.2) is 9.78 Å². The number of hydrogen-bond donors (Lipinski definition) is 2. The van der Waals surface area contributed by atoms with E-state index in [1.165, 1.54) is 0 Å². The van der Waals surface area contributed by atoms with Crippen LogP contribution in [-0.2, 0) is 4.74 Å². The molecule has 2 heterocycles. The van der Waals surface area contributed by atoms with Gasteiger partial charge in [0.1, 0.15) is 5.69 Å². The Morgan fingerprint density at radius 3 is 2.48 bits per heavy atom. The predicted molar refractivity (Wildman–Crippen MR) is 103 cm³/mol. The van der Waals surface area contributed by atoms with Gasteiger partial charge in [0.2, 0.25) is 0 Å². The lowest BCUT2D eigenvalue weighted by molar-refractivity contribution is 0.0856. The van der Waals surface area contributed by atoms with Gasteiger partial charge in [-0.3, -0.25) is 4.79 Å². The second-order valence-electron chi connectivity index (χ2n) is 6.36. The Bertz CT molecular complexity index is 757. The molecule has 0 spiro atoms. The molecule has 142 valence electrons. The fourth-order valence-corrected chi connectivity index (χ4v) is 2.97. The third-order valence-corrected chi connectivity index (χ3v) is 4.41. The van der Waals surface area contributed by atoms with E-state index in [1.54, 1.807) is 24.1 Å². The minimum atomic E-state index is -0.287. The summed E-state index contributed by atoms with van der Waals surface area (Å²) in [6, 6.07) is 13.3. The number of carbonyl (C=O) groups is 2. The molecule has 2 N–H and O–H groups in total. The van der Waals surface area contributed by atoms with Gasteiger partial charge in [0.25, 0.3) is 5.91 Å². The Labute approximate surface area is 158 Å². The van der Waals surface area contributed by atoms with E-state index in [2.05, 4.69) is 15.6 Å². The van der Waals surface area contributed by atoms with Crippen LogP contribution in [0.5, 0.6) is 0 Å². The first-order valence-electron chi connectivity index (χ1n) is 9.16. The van der Waals surface area contributed by atoms with Crippen LogP contribution >= 0.6 is 0 Å². The molecule has 1 aliphatic heterocycles. The summed E-state index contributed by atoms with van der Waals surface area (Å²) < 4.78 is 5.00. The number of amides is 2. The van der Waals surface area contributed by atoms with Crippen LogP contribution in [0, 0.1) is 0 Å². The van der Waals surface area contributed by atoms with Crippen LogP contribution in [-0.4, -0.2) is 47.6 Å². The van der Waals surface area contributed by atoms with Crippen molar-refractivity contribution in [3.05, 3.63) is 54.4 Å². The van der Waals surface area contributed by atoms with Crippen molar-refractivity contribution in [1.29, 1.82) is 0 Å². The van der Waals surface area contributed by atoms with Gasteiger partial charge in [-0.2, -0.15) is 0 Å². The largest absolute Gasteiger partial charge is 0.450 e. The smallest absolute Gasteiger partial charge is 0.409 e. The van der Waals surface area contributed by atoms with E-state index in [1.807, 2.05) is 36.4 Å². The normalized spacial score (nSPS) is 14.5. The predicted octanol–water partition coefficient (Wildman–Crippen LogP) is 3.18. The first kappa shape index (κ1) is 18.7. The molecule has 1 aromatic heterocycles. The molecular formula is C20H24N4O3. The SMILES string of the molecule is CCOC(=O)N1CCC(NC(=O)c2ccc(Nc3ccccc3)cn2)CC1. The van der Waals surface area contributed by atoms with Crippen molar-refractivity contribution in [2.75, 3.05) is 25.0 Å². The second-order valence-corrected chi connectivity index (χ2v) is 6.36. The molecule has 0 radical (unpaired) electrons. The number of aromatic nitrogens is 1. The topological polar surface area (TPSA) is 83.6 Å². The quantitative estimate of drug-likeness (QED) is 0.847. The zero-order chi connectivity index (χ0) is 19.1. The molecule has 0 bridgehead atoms. The molecule has 7 nitrogen and oxygen atoms in total. The van der Waals surface area contributed by atoms with Gasteiger partial charge < -0.3 is 20.3 Å². The summed E-state index contributed by atoms with van der Waals surface area (Å²) in [5.41, 5.74) is 2.16. The highest BCUT2D eigenvalue weighted by atomic mass is 16.6. The average Bonchev–Trinajstić information content (AvgIpc) is 2.70. The number of nitrogens with zero attached hydrogens (tertiary/aromatic N) is 2. The molecule has 3 rings (SSSR count). The van der Waals surface area contributed by atoms with Crippen LogP contribution in [0.1, 0.15) is 30.3 Å². The number of pyridine rings is 1. The lowest BCUT2D eigenvalue weighted by Crippen LogP contribution is -2.46. The van der Waals surface area contributed by atoms with Crippen LogP contribution in [0.15, 0.2) is 48.7 Å². The minimum Gasteiger partial charge on any atom is -0.450 e. The van der Waals surface area contributed by atoms with Crippen molar-refractivity contribution in [2.45, 2.75) is 25.8 Å². The standard InChI is InChI=1S/C20H24N4O3/c1-2-27-20(26)24-12-10-16(11-13-24)23-19(25)18-9-8-17(14-21-18)22-15-6-4-3-5-7-15/h3-9,14,16,22H,2,10-13H2,1H3,(H,23,25). The number of ether oxygens (including phenoxy) is 1. The highest BCUT2D eigenvalue weighted by molar-refractivity contribution is 5.92. The first-order valence-corrected chi connectivity index (χ1v) is 9.16. The maximum absolute atomic E-state index is 12.4. The summed E-state index contributed by atoms with van der Waals surface area (Å²) in [6.07, 6.45) is 2.77. The number of anilines is 2. The number of carbonyl (C=O) groups excluding carboxylic acids is 2. The van der Waals surface area contributed by atoms with Gasteiger partial charge >= 0.3 is 6.09 Å². The Morgan fingerprint density at radius 2 is 1.85 bits per heavy atom. The van der Waals surface area contributed by atoms with Gasteiger partial charge in [-0.15, -0.1) is 0 Å². The Kier molecular flexibility index (Phi) is 6.25. The zero-order valence-corrected chi connectivity index (χ0v) is 15.4. The van der Waals surface area contributed by atoms with Gasteiger partial charge in [0.15, 0.2) is 0 Å². The third kappa shape index (κ3) is 5.20. The maximum atomic E-state index is 12.4. The maximum Gasteiger partial charge on any atom is 0.409 e. The molecular weight excluding hydrogens is 344 g/mol. The molecule has 1 aromatic carbocycles. The van der Waals surface area contributed by atoms with Crippen molar-refractivity contribution in [3.8, 4) is 0 Å². The summed E-state index contributed by atoms with van der Waals surface area (Å²) in [5.74, 6) is -0.198. The van der Waals surface area contributed by atoms with Crippen molar-refractivity contribution in [2.24, 2.45) is 0 Å². The van der Waals surface area contributed by atoms with Crippen molar-refractivity contribution < 1.29 is 14.3 Å². The van der Waals surface area contributed by atoms with Gasteiger partial charge in [0.05, 0.1) is 18.5 Å². The van der Waals surface area contributed by atoms with Gasteiger partial charge in [-0.05, 0) is 44.0 Å². The van der Waals surface area contributed by atoms with Crippen LogP contribution in [0.2, 0.25) is 0 Å². The van der Waals surface area contributed by atoms with Crippen LogP contribution < -0.4 is 10.6 Å². The summed E-state index contributed by atoms with van der Waals surface area (Å²) >= 11 is 0. The number of rotatable bonds is 5. The molecule has 7 heteroatoms. The lowest BCUT2D eigenvalue weighted by atomic mass is 10.1. The van der Waals surface area contributed by atoms with Crippen molar-refractivity contribution in [3.63, 3.8) is 0 Å². The van der Waals surface area contributed by atoms with E-state index in [4.69, 9.17) is 4.74 Å². The van der Waals surface area contributed by atoms with E-state index in [9.17, 15) is 9.59 Å². The minimum absolute atomic E-state index is 0.0343. The molecule has 2 aromatic rings. The van der Waals surface area contributed by atoms with Gasteiger partial charge in [-0.1, -0.05) is 18.2 Å². The molecule has 0 unspecified atom stereocenters. The van der Waals surface area contributed by atoms with Crippen LogP contribution in [0.25, 0.3) is 0 Å². The van der Waals surface area contributed by atoms with Crippen molar-refractivity contribution in [1.82, 2.24) is 15.2 Å². The van der Waals surface area contributed by atoms with E-state index in [0.717, 1.165) is 11.4 Å². The number of likely N-dealkylation sites (tertiary alicyclic amines) is 1. The second kappa shape index (κ2) is 9.02. The zero-order valence-electron chi connectivity index (χ0n) is 15.4.